The van der Waals surface area contributed by atoms with E-state index in [1.54, 1.807) is 0 Å². The summed E-state index contributed by atoms with van der Waals surface area (Å²) in [6, 6.07) is 5.96. The van der Waals surface area contributed by atoms with Gasteiger partial charge in [0.2, 0.25) is 12.2 Å². The third kappa shape index (κ3) is 4.88. The Hall–Kier alpha value is -2.02. The second-order valence-electron chi connectivity index (χ2n) is 4.08. The molecule has 0 aliphatic carbocycles. The zero-order chi connectivity index (χ0) is 13.2. The van der Waals surface area contributed by atoms with Crippen molar-refractivity contribution in [2.24, 2.45) is 9.98 Å². The fourth-order valence-electron chi connectivity index (χ4n) is 1.79. The standard InChI is InChI=1S/C14H16N2O2/c1-2-3-4-12-5-13(8-15-10-17)7-14(6-12)9-16-11-18/h5-7H,2-4,8-9H2,1H3. The maximum absolute atomic E-state index is 10.1. The lowest BCUT2D eigenvalue weighted by Gasteiger charge is -2.06. The van der Waals surface area contributed by atoms with Crippen LogP contribution in [0.4, 0.5) is 0 Å². The molecule has 1 aromatic carbocycles. The molecule has 0 N–H and O–H groups in total. The summed E-state index contributed by atoms with van der Waals surface area (Å²) in [4.78, 5) is 27.4. The van der Waals surface area contributed by atoms with Crippen LogP contribution >= 0.6 is 0 Å². The predicted molar refractivity (Wildman–Crippen MR) is 68.7 cm³/mol. The minimum Gasteiger partial charge on any atom is -0.211 e. The van der Waals surface area contributed by atoms with Crippen molar-refractivity contribution in [3.8, 4) is 0 Å². The van der Waals surface area contributed by atoms with Crippen LogP contribution in [-0.4, -0.2) is 12.2 Å². The van der Waals surface area contributed by atoms with Crippen molar-refractivity contribution >= 4 is 12.2 Å². The van der Waals surface area contributed by atoms with E-state index in [9.17, 15) is 9.59 Å². The lowest BCUT2D eigenvalue weighted by molar-refractivity contribution is 0.562. The van der Waals surface area contributed by atoms with Crippen LogP contribution in [0.5, 0.6) is 0 Å². The maximum atomic E-state index is 10.1. The van der Waals surface area contributed by atoms with E-state index in [0.717, 1.165) is 30.4 Å². The van der Waals surface area contributed by atoms with E-state index in [1.807, 2.05) is 18.2 Å². The van der Waals surface area contributed by atoms with Crippen LogP contribution in [0.1, 0.15) is 36.5 Å². The fourth-order valence-corrected chi connectivity index (χ4v) is 1.79. The molecule has 4 nitrogen and oxygen atoms in total. The van der Waals surface area contributed by atoms with Gasteiger partial charge in [0, 0.05) is 0 Å². The summed E-state index contributed by atoms with van der Waals surface area (Å²) in [5.41, 5.74) is 3.08. The highest BCUT2D eigenvalue weighted by atomic mass is 16.1. The Morgan fingerprint density at radius 2 is 1.44 bits per heavy atom. The summed E-state index contributed by atoms with van der Waals surface area (Å²) in [7, 11) is 0. The molecule has 0 aliphatic heterocycles. The first-order valence-electron chi connectivity index (χ1n) is 5.99. The number of benzene rings is 1. The molecule has 0 aliphatic rings. The number of isocyanates is 2. The molecule has 0 radical (unpaired) electrons. The first kappa shape index (κ1) is 14.0. The molecule has 1 rings (SSSR count). The zero-order valence-corrected chi connectivity index (χ0v) is 10.5. The van der Waals surface area contributed by atoms with Crippen molar-refractivity contribution in [3.05, 3.63) is 34.9 Å². The minimum absolute atomic E-state index is 0.321. The van der Waals surface area contributed by atoms with Crippen LogP contribution in [0.25, 0.3) is 0 Å². The third-order valence-electron chi connectivity index (χ3n) is 2.58. The van der Waals surface area contributed by atoms with Crippen molar-refractivity contribution in [2.75, 3.05) is 0 Å². The third-order valence-corrected chi connectivity index (χ3v) is 2.58. The molecule has 0 fully saturated rings. The Labute approximate surface area is 106 Å². The quantitative estimate of drug-likeness (QED) is 0.547. The highest BCUT2D eigenvalue weighted by Gasteiger charge is 2.01. The number of unbranched alkanes of at least 4 members (excludes halogenated alkanes) is 1. The van der Waals surface area contributed by atoms with Gasteiger partial charge in [0.05, 0.1) is 13.1 Å². The Bertz CT molecular complexity index is 446. The van der Waals surface area contributed by atoms with Gasteiger partial charge in [-0.15, -0.1) is 0 Å². The molecule has 0 amide bonds. The van der Waals surface area contributed by atoms with E-state index in [0.29, 0.717) is 13.1 Å². The zero-order valence-electron chi connectivity index (χ0n) is 10.5. The molecule has 0 saturated heterocycles. The van der Waals surface area contributed by atoms with Crippen LogP contribution in [-0.2, 0) is 29.1 Å². The maximum Gasteiger partial charge on any atom is 0.235 e. The van der Waals surface area contributed by atoms with Gasteiger partial charge < -0.3 is 0 Å². The van der Waals surface area contributed by atoms with Gasteiger partial charge in [-0.05, 0) is 29.5 Å². The molecule has 0 heterocycles. The molecule has 0 bridgehead atoms. The number of hydrogen-bond acceptors (Lipinski definition) is 4. The Morgan fingerprint density at radius 3 is 1.89 bits per heavy atom. The van der Waals surface area contributed by atoms with Crippen molar-refractivity contribution in [3.63, 3.8) is 0 Å². The van der Waals surface area contributed by atoms with Crippen molar-refractivity contribution in [2.45, 2.75) is 39.3 Å². The molecule has 1 aromatic rings. The van der Waals surface area contributed by atoms with Gasteiger partial charge in [0.25, 0.3) is 0 Å². The van der Waals surface area contributed by atoms with Gasteiger partial charge in [0.1, 0.15) is 0 Å². The monoisotopic (exact) mass is 244 g/mol. The van der Waals surface area contributed by atoms with E-state index in [4.69, 9.17) is 0 Å². The summed E-state index contributed by atoms with van der Waals surface area (Å²) in [6.45, 7) is 2.78. The van der Waals surface area contributed by atoms with Gasteiger partial charge in [0.15, 0.2) is 0 Å². The smallest absolute Gasteiger partial charge is 0.211 e. The predicted octanol–water partition coefficient (Wildman–Crippen LogP) is 2.70. The lowest BCUT2D eigenvalue weighted by Crippen LogP contribution is -1.93. The lowest BCUT2D eigenvalue weighted by atomic mass is 10.0. The van der Waals surface area contributed by atoms with E-state index in [-0.39, 0.29) is 0 Å². The molecule has 94 valence electrons. The highest BCUT2D eigenvalue weighted by molar-refractivity contribution is 5.37. The summed E-state index contributed by atoms with van der Waals surface area (Å²) >= 11 is 0. The molecule has 18 heavy (non-hydrogen) atoms. The van der Waals surface area contributed by atoms with Crippen LogP contribution in [0.3, 0.4) is 0 Å². The van der Waals surface area contributed by atoms with E-state index in [1.165, 1.54) is 17.7 Å². The van der Waals surface area contributed by atoms with Crippen molar-refractivity contribution < 1.29 is 9.59 Å². The Kier molecular flexibility index (Phi) is 6.34. The Balaban J connectivity index is 2.94. The van der Waals surface area contributed by atoms with Crippen LogP contribution in [0.15, 0.2) is 28.2 Å². The van der Waals surface area contributed by atoms with E-state index in [2.05, 4.69) is 16.9 Å². The van der Waals surface area contributed by atoms with Gasteiger partial charge >= 0.3 is 0 Å². The van der Waals surface area contributed by atoms with Crippen LogP contribution < -0.4 is 0 Å². The van der Waals surface area contributed by atoms with E-state index >= 15 is 0 Å². The molecule has 0 aromatic heterocycles. The second-order valence-corrected chi connectivity index (χ2v) is 4.08. The average molecular weight is 244 g/mol. The Morgan fingerprint density at radius 1 is 0.944 bits per heavy atom. The van der Waals surface area contributed by atoms with Crippen molar-refractivity contribution in [1.29, 1.82) is 0 Å². The minimum atomic E-state index is 0.321. The average Bonchev–Trinajstić information content (AvgIpc) is 2.40. The molecule has 0 atom stereocenters. The largest absolute Gasteiger partial charge is 0.235 e. The topological polar surface area (TPSA) is 58.9 Å². The van der Waals surface area contributed by atoms with Crippen molar-refractivity contribution in [1.82, 2.24) is 0 Å². The SMILES string of the molecule is CCCCc1cc(CN=C=O)cc(CN=C=O)c1. The molecular formula is C14H16N2O2. The molecule has 0 saturated carbocycles. The molecule has 0 spiro atoms. The summed E-state index contributed by atoms with van der Waals surface area (Å²) < 4.78 is 0. The van der Waals surface area contributed by atoms with Gasteiger partial charge in [-0.1, -0.05) is 31.5 Å². The number of carbonyl (C=O) groups excluding carboxylic acids is 2. The summed E-state index contributed by atoms with van der Waals surface area (Å²) in [6.07, 6.45) is 6.27. The first-order chi connectivity index (χ1) is 8.80. The second kappa shape index (κ2) is 8.13. The number of nitrogens with zero attached hydrogens (tertiary/aromatic N) is 2. The first-order valence-corrected chi connectivity index (χ1v) is 5.99. The summed E-state index contributed by atoms with van der Waals surface area (Å²) in [5, 5.41) is 0. The number of aliphatic imine (C=N–C) groups is 2. The van der Waals surface area contributed by atoms with E-state index < -0.39 is 0 Å². The van der Waals surface area contributed by atoms with Gasteiger partial charge in [-0.25, -0.2) is 19.6 Å². The fraction of sp³-hybridized carbons (Fsp3) is 0.429. The van der Waals surface area contributed by atoms with Gasteiger partial charge in [-0.2, -0.15) is 0 Å². The molecule has 4 heteroatoms. The molecule has 0 unspecified atom stereocenters. The highest BCUT2D eigenvalue weighted by Crippen LogP contribution is 2.14. The molecular weight excluding hydrogens is 228 g/mol. The number of aryl methyl sites for hydroxylation is 1. The van der Waals surface area contributed by atoms with Crippen LogP contribution in [0, 0.1) is 0 Å². The normalized spacial score (nSPS) is 9.39. The number of hydrogen-bond donors (Lipinski definition) is 0. The number of rotatable bonds is 7. The summed E-state index contributed by atoms with van der Waals surface area (Å²) in [5.74, 6) is 0. The van der Waals surface area contributed by atoms with Gasteiger partial charge in [-0.3, -0.25) is 0 Å². The van der Waals surface area contributed by atoms with Crippen LogP contribution in [0.2, 0.25) is 0 Å².